The van der Waals surface area contributed by atoms with Crippen LogP contribution in [0.15, 0.2) is 84.0 Å². The van der Waals surface area contributed by atoms with Crippen LogP contribution in [0, 0.1) is 0 Å². The molecular weight excluding hydrogens is 452 g/mol. The van der Waals surface area contributed by atoms with Crippen LogP contribution in [0.3, 0.4) is 0 Å². The maximum Gasteiger partial charge on any atom is 0.271 e. The van der Waals surface area contributed by atoms with Crippen LogP contribution < -0.4 is 15.0 Å². The number of rotatable bonds is 8. The Morgan fingerprint density at radius 1 is 0.882 bits per heavy atom. The molecule has 0 fully saturated rings. The number of nitrogens with zero attached hydrogens (tertiary/aromatic N) is 2. The van der Waals surface area contributed by atoms with Gasteiger partial charge in [-0.05, 0) is 54.4 Å². The van der Waals surface area contributed by atoms with Crippen molar-refractivity contribution in [3.8, 4) is 0 Å². The highest BCUT2D eigenvalue weighted by atomic mass is 32.2. The highest BCUT2D eigenvalue weighted by Crippen LogP contribution is 2.20. The lowest BCUT2D eigenvalue weighted by molar-refractivity contribution is -0.114. The van der Waals surface area contributed by atoms with Gasteiger partial charge >= 0.3 is 0 Å². The van der Waals surface area contributed by atoms with Crippen molar-refractivity contribution < 1.29 is 18.0 Å². The summed E-state index contributed by atoms with van der Waals surface area (Å²) in [6.45, 7) is 3.33. The second-order valence-corrected chi connectivity index (χ2v) is 9.61. The summed E-state index contributed by atoms with van der Waals surface area (Å²) in [6.07, 6.45) is 1.16. The summed E-state index contributed by atoms with van der Waals surface area (Å²) in [5, 5.41) is 6.86. The molecule has 0 aliphatic carbocycles. The number of benzene rings is 3. The van der Waals surface area contributed by atoms with Gasteiger partial charge in [-0.15, -0.1) is 0 Å². The average molecular weight is 479 g/mol. The fourth-order valence-electron chi connectivity index (χ4n) is 3.21. The summed E-state index contributed by atoms with van der Waals surface area (Å²) < 4.78 is 25.9. The molecular formula is C25H26N4O4S. The summed E-state index contributed by atoms with van der Waals surface area (Å²) in [5.41, 5.74) is 6.18. The van der Waals surface area contributed by atoms with Crippen LogP contribution in [0.1, 0.15) is 35.3 Å². The van der Waals surface area contributed by atoms with Gasteiger partial charge < -0.3 is 5.32 Å². The van der Waals surface area contributed by atoms with Gasteiger partial charge in [0.15, 0.2) is 0 Å². The SMILES string of the molecule is CC(=O)Nc1cccc(C(C)=NNC(=O)c2ccc(CN(c3ccccc3)S(C)(=O)=O)cc2)c1. The zero-order valence-corrected chi connectivity index (χ0v) is 20.0. The third-order valence-corrected chi connectivity index (χ3v) is 6.05. The van der Waals surface area contributed by atoms with E-state index in [0.29, 0.717) is 22.6 Å². The topological polar surface area (TPSA) is 108 Å². The number of hydrogen-bond acceptors (Lipinski definition) is 5. The summed E-state index contributed by atoms with van der Waals surface area (Å²) >= 11 is 0. The van der Waals surface area contributed by atoms with E-state index >= 15 is 0 Å². The van der Waals surface area contributed by atoms with E-state index < -0.39 is 15.9 Å². The minimum Gasteiger partial charge on any atom is -0.326 e. The van der Waals surface area contributed by atoms with E-state index in [4.69, 9.17) is 0 Å². The van der Waals surface area contributed by atoms with Crippen LogP contribution in [0.4, 0.5) is 11.4 Å². The number of carbonyl (C=O) groups is 2. The van der Waals surface area contributed by atoms with Crippen molar-refractivity contribution in [3.05, 3.63) is 95.6 Å². The Morgan fingerprint density at radius 2 is 1.56 bits per heavy atom. The van der Waals surface area contributed by atoms with E-state index in [-0.39, 0.29) is 12.5 Å². The van der Waals surface area contributed by atoms with Crippen molar-refractivity contribution in [2.24, 2.45) is 5.10 Å². The fraction of sp³-hybridized carbons (Fsp3) is 0.160. The van der Waals surface area contributed by atoms with Gasteiger partial charge in [0.25, 0.3) is 5.91 Å². The molecule has 3 aromatic rings. The maximum atomic E-state index is 12.5. The molecule has 3 aromatic carbocycles. The van der Waals surface area contributed by atoms with Crippen LogP contribution in [-0.4, -0.2) is 32.2 Å². The van der Waals surface area contributed by atoms with Crippen LogP contribution in [0.2, 0.25) is 0 Å². The molecule has 3 rings (SSSR count). The number of anilines is 2. The van der Waals surface area contributed by atoms with Crippen molar-refractivity contribution in [3.63, 3.8) is 0 Å². The number of sulfonamides is 1. The zero-order valence-electron chi connectivity index (χ0n) is 19.1. The van der Waals surface area contributed by atoms with E-state index in [1.807, 2.05) is 12.1 Å². The van der Waals surface area contributed by atoms with Crippen molar-refractivity contribution in [2.45, 2.75) is 20.4 Å². The molecule has 0 saturated carbocycles. The predicted molar refractivity (Wildman–Crippen MR) is 134 cm³/mol. The van der Waals surface area contributed by atoms with Crippen molar-refractivity contribution in [1.29, 1.82) is 0 Å². The van der Waals surface area contributed by atoms with E-state index in [1.165, 1.54) is 11.2 Å². The molecule has 0 saturated heterocycles. The number of nitrogens with one attached hydrogen (secondary N) is 2. The first kappa shape index (κ1) is 24.7. The lowest BCUT2D eigenvalue weighted by Crippen LogP contribution is -2.29. The molecule has 34 heavy (non-hydrogen) atoms. The van der Waals surface area contributed by atoms with Gasteiger partial charge in [-0.3, -0.25) is 13.9 Å². The third-order valence-electron chi connectivity index (χ3n) is 4.91. The summed E-state index contributed by atoms with van der Waals surface area (Å²) in [6, 6.07) is 22.7. The zero-order chi connectivity index (χ0) is 24.7. The largest absolute Gasteiger partial charge is 0.326 e. The lowest BCUT2D eigenvalue weighted by atomic mass is 10.1. The maximum absolute atomic E-state index is 12.5. The molecule has 0 aliphatic rings. The smallest absolute Gasteiger partial charge is 0.271 e. The van der Waals surface area contributed by atoms with Crippen molar-refractivity contribution in [1.82, 2.24) is 5.43 Å². The first-order valence-electron chi connectivity index (χ1n) is 10.5. The predicted octanol–water partition coefficient (Wildman–Crippen LogP) is 3.77. The normalized spacial score (nSPS) is 11.6. The molecule has 2 amide bonds. The summed E-state index contributed by atoms with van der Waals surface area (Å²) in [4.78, 5) is 23.8. The highest BCUT2D eigenvalue weighted by molar-refractivity contribution is 7.92. The summed E-state index contributed by atoms with van der Waals surface area (Å²) in [5.74, 6) is -0.570. The second-order valence-electron chi connectivity index (χ2n) is 7.70. The van der Waals surface area contributed by atoms with E-state index in [9.17, 15) is 18.0 Å². The Hall–Kier alpha value is -3.98. The fourth-order valence-corrected chi connectivity index (χ4v) is 4.10. The van der Waals surface area contributed by atoms with Gasteiger partial charge in [-0.25, -0.2) is 13.8 Å². The molecule has 0 atom stereocenters. The van der Waals surface area contributed by atoms with Crippen LogP contribution in [0.25, 0.3) is 0 Å². The third kappa shape index (κ3) is 6.76. The average Bonchev–Trinajstić information content (AvgIpc) is 2.80. The molecule has 0 spiro atoms. The quantitative estimate of drug-likeness (QED) is 0.380. The van der Waals surface area contributed by atoms with E-state index in [1.54, 1.807) is 73.7 Å². The number of hydrogen-bond donors (Lipinski definition) is 2. The van der Waals surface area contributed by atoms with Crippen LogP contribution in [-0.2, 0) is 21.4 Å². The first-order chi connectivity index (χ1) is 16.1. The standard InChI is InChI=1S/C25H26N4O4S/c1-18(22-8-7-9-23(16-22)26-19(2)30)27-28-25(31)21-14-12-20(13-15-21)17-29(34(3,32)33)24-10-5-4-6-11-24/h4-16H,17H2,1-3H3,(H,26,30)(H,28,31). The number of para-hydroxylation sites is 1. The molecule has 9 heteroatoms. The molecule has 8 nitrogen and oxygen atoms in total. The Labute approximate surface area is 199 Å². The van der Waals surface area contributed by atoms with E-state index in [0.717, 1.165) is 17.4 Å². The van der Waals surface area contributed by atoms with Gasteiger partial charge in [0.2, 0.25) is 15.9 Å². The first-order valence-corrected chi connectivity index (χ1v) is 12.3. The van der Waals surface area contributed by atoms with Gasteiger partial charge in [0, 0.05) is 18.2 Å². The minimum atomic E-state index is -3.48. The molecule has 0 unspecified atom stereocenters. The Kier molecular flexibility index (Phi) is 7.80. The summed E-state index contributed by atoms with van der Waals surface area (Å²) in [7, 11) is -3.48. The van der Waals surface area contributed by atoms with Crippen LogP contribution >= 0.6 is 0 Å². The van der Waals surface area contributed by atoms with Crippen molar-refractivity contribution >= 4 is 38.9 Å². The molecule has 0 bridgehead atoms. The lowest BCUT2D eigenvalue weighted by Gasteiger charge is -2.22. The highest BCUT2D eigenvalue weighted by Gasteiger charge is 2.17. The molecule has 0 heterocycles. The molecule has 176 valence electrons. The monoisotopic (exact) mass is 478 g/mol. The van der Waals surface area contributed by atoms with Gasteiger partial charge in [0.1, 0.15) is 0 Å². The number of hydrazone groups is 1. The Balaban J connectivity index is 1.68. The Morgan fingerprint density at radius 3 is 2.18 bits per heavy atom. The van der Waals surface area contributed by atoms with Gasteiger partial charge in [-0.1, -0.05) is 42.5 Å². The minimum absolute atomic E-state index is 0.145. The van der Waals surface area contributed by atoms with Crippen LogP contribution in [0.5, 0.6) is 0 Å². The van der Waals surface area contributed by atoms with Gasteiger partial charge in [-0.2, -0.15) is 5.10 Å². The molecule has 0 radical (unpaired) electrons. The number of carbonyl (C=O) groups excluding carboxylic acids is 2. The Bertz CT molecular complexity index is 1300. The van der Waals surface area contributed by atoms with Gasteiger partial charge in [0.05, 0.1) is 24.2 Å². The van der Waals surface area contributed by atoms with E-state index in [2.05, 4.69) is 15.8 Å². The number of amides is 2. The second kappa shape index (κ2) is 10.8. The molecule has 2 N–H and O–H groups in total. The molecule has 0 aromatic heterocycles. The van der Waals surface area contributed by atoms with Crippen molar-refractivity contribution in [2.75, 3.05) is 15.9 Å². The molecule has 0 aliphatic heterocycles.